The minimum Gasteiger partial charge on any atom is -0.481 e. The van der Waals surface area contributed by atoms with E-state index in [9.17, 15) is 4.79 Å². The zero-order valence-corrected chi connectivity index (χ0v) is 11.2. The van der Waals surface area contributed by atoms with E-state index in [4.69, 9.17) is 5.11 Å². The molecule has 0 aliphatic carbocycles. The second-order valence-electron chi connectivity index (χ2n) is 3.88. The van der Waals surface area contributed by atoms with Crippen LogP contribution in [-0.4, -0.2) is 29.1 Å². The van der Waals surface area contributed by atoms with E-state index in [0.29, 0.717) is 0 Å². The SMILES string of the molecule is C=CCSCCNCc1ccccc1CC(=O)O. The lowest BCUT2D eigenvalue weighted by molar-refractivity contribution is -0.136. The largest absolute Gasteiger partial charge is 0.481 e. The van der Waals surface area contributed by atoms with Gasteiger partial charge < -0.3 is 10.4 Å². The molecule has 0 fully saturated rings. The van der Waals surface area contributed by atoms with E-state index < -0.39 is 5.97 Å². The zero-order chi connectivity index (χ0) is 13.2. The van der Waals surface area contributed by atoms with Crippen molar-refractivity contribution in [1.82, 2.24) is 5.32 Å². The molecule has 0 saturated carbocycles. The quantitative estimate of drug-likeness (QED) is 0.531. The van der Waals surface area contributed by atoms with Crippen LogP contribution in [-0.2, 0) is 17.8 Å². The molecule has 0 radical (unpaired) electrons. The van der Waals surface area contributed by atoms with E-state index in [1.807, 2.05) is 42.1 Å². The highest BCUT2D eigenvalue weighted by molar-refractivity contribution is 7.99. The molecule has 0 aliphatic heterocycles. The van der Waals surface area contributed by atoms with Crippen LogP contribution in [0.15, 0.2) is 36.9 Å². The maximum Gasteiger partial charge on any atom is 0.307 e. The lowest BCUT2D eigenvalue weighted by atomic mass is 10.0. The van der Waals surface area contributed by atoms with Gasteiger partial charge >= 0.3 is 5.97 Å². The highest BCUT2D eigenvalue weighted by Crippen LogP contribution is 2.09. The third-order valence-corrected chi connectivity index (χ3v) is 3.40. The van der Waals surface area contributed by atoms with Gasteiger partial charge in [-0.3, -0.25) is 4.79 Å². The molecule has 2 N–H and O–H groups in total. The van der Waals surface area contributed by atoms with Crippen LogP contribution in [0.2, 0.25) is 0 Å². The molecule has 0 aromatic heterocycles. The van der Waals surface area contributed by atoms with E-state index in [0.717, 1.165) is 35.7 Å². The Labute approximate surface area is 112 Å². The summed E-state index contributed by atoms with van der Waals surface area (Å²) in [7, 11) is 0. The molecule has 0 heterocycles. The Morgan fingerprint density at radius 3 is 2.78 bits per heavy atom. The van der Waals surface area contributed by atoms with Crippen molar-refractivity contribution in [3.8, 4) is 0 Å². The molecule has 0 aliphatic rings. The Bertz CT molecular complexity index is 393. The van der Waals surface area contributed by atoms with Crippen molar-refractivity contribution in [2.24, 2.45) is 0 Å². The molecule has 0 amide bonds. The molecule has 1 aromatic rings. The van der Waals surface area contributed by atoms with Crippen LogP contribution < -0.4 is 5.32 Å². The summed E-state index contributed by atoms with van der Waals surface area (Å²) in [6.45, 7) is 5.31. The number of benzene rings is 1. The first-order valence-electron chi connectivity index (χ1n) is 5.92. The molecule has 0 spiro atoms. The fraction of sp³-hybridized carbons (Fsp3) is 0.357. The standard InChI is InChI=1S/C14H19NO2S/c1-2-8-18-9-7-15-11-13-6-4-3-5-12(13)10-14(16)17/h2-6,15H,1,7-11H2,(H,16,17). The first kappa shape index (κ1) is 14.8. The van der Waals surface area contributed by atoms with Crippen molar-refractivity contribution in [2.45, 2.75) is 13.0 Å². The molecule has 1 rings (SSSR count). The molecule has 1 aromatic carbocycles. The van der Waals surface area contributed by atoms with Gasteiger partial charge in [-0.15, -0.1) is 6.58 Å². The normalized spacial score (nSPS) is 10.2. The Kier molecular flexibility index (Phi) is 7.22. The number of carboxylic acids is 1. The van der Waals surface area contributed by atoms with Gasteiger partial charge in [-0.05, 0) is 11.1 Å². The first-order chi connectivity index (χ1) is 8.74. The van der Waals surface area contributed by atoms with Crippen LogP contribution in [0.4, 0.5) is 0 Å². The third kappa shape index (κ3) is 5.89. The summed E-state index contributed by atoms with van der Waals surface area (Å²) in [6, 6.07) is 7.66. The fourth-order valence-electron chi connectivity index (χ4n) is 1.60. The summed E-state index contributed by atoms with van der Waals surface area (Å²) in [6.07, 6.45) is 1.98. The number of hydrogen-bond acceptors (Lipinski definition) is 3. The van der Waals surface area contributed by atoms with Crippen LogP contribution >= 0.6 is 11.8 Å². The highest BCUT2D eigenvalue weighted by atomic mass is 32.2. The van der Waals surface area contributed by atoms with Crippen LogP contribution in [0.5, 0.6) is 0 Å². The predicted octanol–water partition coefficient (Wildman–Crippen LogP) is 2.32. The number of nitrogens with one attached hydrogen (secondary N) is 1. The van der Waals surface area contributed by atoms with Crippen LogP contribution in [0.1, 0.15) is 11.1 Å². The van der Waals surface area contributed by atoms with Gasteiger partial charge in [0, 0.05) is 24.6 Å². The molecule has 0 saturated heterocycles. The average Bonchev–Trinajstić information content (AvgIpc) is 2.35. The maximum absolute atomic E-state index is 10.7. The van der Waals surface area contributed by atoms with Gasteiger partial charge in [-0.25, -0.2) is 0 Å². The minimum absolute atomic E-state index is 0.0864. The Hall–Kier alpha value is -1.26. The van der Waals surface area contributed by atoms with Gasteiger partial charge in [0.2, 0.25) is 0 Å². The summed E-state index contributed by atoms with van der Waals surface area (Å²) in [5, 5.41) is 12.2. The summed E-state index contributed by atoms with van der Waals surface area (Å²) >= 11 is 1.83. The highest BCUT2D eigenvalue weighted by Gasteiger charge is 2.05. The summed E-state index contributed by atoms with van der Waals surface area (Å²) in [5.74, 6) is 1.22. The van der Waals surface area contributed by atoms with Gasteiger partial charge in [0.1, 0.15) is 0 Å². The zero-order valence-electron chi connectivity index (χ0n) is 10.4. The number of thioether (sulfide) groups is 1. The second-order valence-corrected chi connectivity index (χ2v) is 5.03. The summed E-state index contributed by atoms with van der Waals surface area (Å²) in [4.78, 5) is 10.7. The molecular weight excluding hydrogens is 246 g/mol. The molecule has 98 valence electrons. The average molecular weight is 265 g/mol. The lowest BCUT2D eigenvalue weighted by Gasteiger charge is -2.08. The number of carbonyl (C=O) groups is 1. The van der Waals surface area contributed by atoms with Gasteiger partial charge in [0.05, 0.1) is 6.42 Å². The van der Waals surface area contributed by atoms with Gasteiger partial charge in [-0.1, -0.05) is 30.3 Å². The molecule has 18 heavy (non-hydrogen) atoms. The summed E-state index contributed by atoms with van der Waals surface area (Å²) < 4.78 is 0. The first-order valence-corrected chi connectivity index (χ1v) is 7.07. The number of rotatable bonds is 9. The van der Waals surface area contributed by atoms with E-state index in [-0.39, 0.29) is 6.42 Å². The monoisotopic (exact) mass is 265 g/mol. The maximum atomic E-state index is 10.7. The van der Waals surface area contributed by atoms with Crippen molar-refractivity contribution in [3.05, 3.63) is 48.0 Å². The molecular formula is C14H19NO2S. The number of aliphatic carboxylic acids is 1. The fourth-order valence-corrected chi connectivity index (χ4v) is 2.22. The van der Waals surface area contributed by atoms with Crippen molar-refractivity contribution in [2.75, 3.05) is 18.1 Å². The molecule has 0 bridgehead atoms. The van der Waals surface area contributed by atoms with E-state index >= 15 is 0 Å². The topological polar surface area (TPSA) is 49.3 Å². The van der Waals surface area contributed by atoms with E-state index in [1.54, 1.807) is 0 Å². The predicted molar refractivity (Wildman–Crippen MR) is 77.0 cm³/mol. The smallest absolute Gasteiger partial charge is 0.307 e. The van der Waals surface area contributed by atoms with E-state index in [2.05, 4.69) is 11.9 Å². The van der Waals surface area contributed by atoms with Crippen molar-refractivity contribution < 1.29 is 9.90 Å². The molecule has 3 nitrogen and oxygen atoms in total. The van der Waals surface area contributed by atoms with Gasteiger partial charge in [-0.2, -0.15) is 11.8 Å². The molecule has 0 atom stereocenters. The third-order valence-electron chi connectivity index (χ3n) is 2.43. The Morgan fingerprint density at radius 2 is 2.11 bits per heavy atom. The van der Waals surface area contributed by atoms with Gasteiger partial charge in [0.25, 0.3) is 0 Å². The van der Waals surface area contributed by atoms with Crippen molar-refractivity contribution >= 4 is 17.7 Å². The molecule has 4 heteroatoms. The summed E-state index contributed by atoms with van der Waals surface area (Å²) in [5.41, 5.74) is 1.95. The Balaban J connectivity index is 2.36. The van der Waals surface area contributed by atoms with Gasteiger partial charge in [0.15, 0.2) is 0 Å². The second kappa shape index (κ2) is 8.78. The lowest BCUT2D eigenvalue weighted by Crippen LogP contribution is -2.18. The van der Waals surface area contributed by atoms with Crippen molar-refractivity contribution in [3.63, 3.8) is 0 Å². The number of carboxylic acid groups (broad SMARTS) is 1. The van der Waals surface area contributed by atoms with E-state index in [1.165, 1.54) is 0 Å². The number of hydrogen-bond donors (Lipinski definition) is 2. The van der Waals surface area contributed by atoms with Crippen LogP contribution in [0.3, 0.4) is 0 Å². The molecule has 0 unspecified atom stereocenters. The van der Waals surface area contributed by atoms with Crippen LogP contribution in [0.25, 0.3) is 0 Å². The minimum atomic E-state index is -0.788. The van der Waals surface area contributed by atoms with Crippen LogP contribution in [0, 0.1) is 0 Å². The Morgan fingerprint density at radius 1 is 1.39 bits per heavy atom. The van der Waals surface area contributed by atoms with Crippen molar-refractivity contribution in [1.29, 1.82) is 0 Å².